The highest BCUT2D eigenvalue weighted by molar-refractivity contribution is 5.89. The first kappa shape index (κ1) is 15.3. The molecule has 21 heavy (non-hydrogen) atoms. The van der Waals surface area contributed by atoms with Gasteiger partial charge in [-0.1, -0.05) is 6.92 Å². The molecule has 1 heterocycles. The Bertz CT molecular complexity index is 557. The van der Waals surface area contributed by atoms with Gasteiger partial charge in [-0.15, -0.1) is 0 Å². The third-order valence-corrected chi connectivity index (χ3v) is 4.23. The summed E-state index contributed by atoms with van der Waals surface area (Å²) in [5.74, 6) is -1.00. The van der Waals surface area contributed by atoms with Crippen LogP contribution in [0.2, 0.25) is 0 Å². The molecule has 5 heteroatoms. The molecule has 1 aromatic rings. The molecule has 0 saturated carbocycles. The van der Waals surface area contributed by atoms with Crippen molar-refractivity contribution >= 4 is 11.7 Å². The van der Waals surface area contributed by atoms with Crippen molar-refractivity contribution in [1.29, 1.82) is 5.26 Å². The number of nitriles is 1. The lowest BCUT2D eigenvalue weighted by molar-refractivity contribution is 0.0697. The summed E-state index contributed by atoms with van der Waals surface area (Å²) in [6.07, 6.45) is 1.14. The van der Waals surface area contributed by atoms with Gasteiger partial charge in [0.05, 0.1) is 16.8 Å². The third-order valence-electron chi connectivity index (χ3n) is 4.23. The predicted octanol–water partition coefficient (Wildman–Crippen LogP) is 2.18. The van der Waals surface area contributed by atoms with Gasteiger partial charge in [-0.3, -0.25) is 4.90 Å². The molecule has 0 spiro atoms. The van der Waals surface area contributed by atoms with E-state index >= 15 is 0 Å². The maximum absolute atomic E-state index is 11.0. The molecule has 1 N–H and O–H groups in total. The van der Waals surface area contributed by atoms with E-state index in [4.69, 9.17) is 5.11 Å². The van der Waals surface area contributed by atoms with E-state index in [1.807, 2.05) is 0 Å². The van der Waals surface area contributed by atoms with Gasteiger partial charge in [0, 0.05) is 32.2 Å². The summed E-state index contributed by atoms with van der Waals surface area (Å²) in [5.41, 5.74) is 1.44. The SMILES string of the molecule is CCC(C)N1CCN(c2ccc(C(=O)O)cc2C#N)CC1. The number of aromatic carboxylic acids is 1. The van der Waals surface area contributed by atoms with Crippen molar-refractivity contribution in [3.05, 3.63) is 29.3 Å². The number of rotatable bonds is 4. The van der Waals surface area contributed by atoms with Gasteiger partial charge in [0.15, 0.2) is 0 Å². The molecule has 1 aromatic carbocycles. The van der Waals surface area contributed by atoms with Crippen LogP contribution >= 0.6 is 0 Å². The molecule has 0 amide bonds. The van der Waals surface area contributed by atoms with Crippen LogP contribution in [0.5, 0.6) is 0 Å². The second kappa shape index (κ2) is 6.59. The lowest BCUT2D eigenvalue weighted by Crippen LogP contribution is -2.49. The minimum atomic E-state index is -1.00. The molecule has 1 fully saturated rings. The average molecular weight is 287 g/mol. The van der Waals surface area contributed by atoms with Crippen LogP contribution in [0.1, 0.15) is 36.2 Å². The summed E-state index contributed by atoms with van der Waals surface area (Å²) in [5, 5.41) is 18.3. The molecule has 1 aliphatic heterocycles. The maximum Gasteiger partial charge on any atom is 0.335 e. The highest BCUT2D eigenvalue weighted by Crippen LogP contribution is 2.23. The van der Waals surface area contributed by atoms with Crippen molar-refractivity contribution in [1.82, 2.24) is 4.90 Å². The number of benzene rings is 1. The van der Waals surface area contributed by atoms with E-state index < -0.39 is 5.97 Å². The highest BCUT2D eigenvalue weighted by atomic mass is 16.4. The quantitative estimate of drug-likeness (QED) is 0.919. The smallest absolute Gasteiger partial charge is 0.335 e. The minimum absolute atomic E-state index is 0.161. The molecule has 112 valence electrons. The second-order valence-electron chi connectivity index (χ2n) is 5.43. The van der Waals surface area contributed by atoms with Gasteiger partial charge < -0.3 is 10.0 Å². The van der Waals surface area contributed by atoms with E-state index in [0.717, 1.165) is 38.3 Å². The maximum atomic E-state index is 11.0. The number of carbonyl (C=O) groups is 1. The third kappa shape index (κ3) is 3.34. The van der Waals surface area contributed by atoms with Crippen molar-refractivity contribution < 1.29 is 9.90 Å². The van der Waals surface area contributed by atoms with Gasteiger partial charge in [0.1, 0.15) is 6.07 Å². The predicted molar refractivity (Wildman–Crippen MR) is 81.7 cm³/mol. The lowest BCUT2D eigenvalue weighted by Gasteiger charge is -2.39. The number of hydrogen-bond donors (Lipinski definition) is 1. The first-order valence-electron chi connectivity index (χ1n) is 7.33. The average Bonchev–Trinajstić information content (AvgIpc) is 2.53. The minimum Gasteiger partial charge on any atom is -0.478 e. The normalized spacial score (nSPS) is 17.3. The molecular weight excluding hydrogens is 266 g/mol. The Kier molecular flexibility index (Phi) is 4.81. The largest absolute Gasteiger partial charge is 0.478 e. The van der Waals surface area contributed by atoms with Crippen molar-refractivity contribution in [2.75, 3.05) is 31.1 Å². The summed E-state index contributed by atoms with van der Waals surface area (Å²) in [7, 11) is 0. The van der Waals surface area contributed by atoms with Gasteiger partial charge in [-0.25, -0.2) is 4.79 Å². The standard InChI is InChI=1S/C16H21N3O2/c1-3-12(2)18-6-8-19(9-7-18)15-5-4-13(16(20)21)10-14(15)11-17/h4-5,10,12H,3,6-9H2,1-2H3,(H,20,21). The van der Waals surface area contributed by atoms with E-state index in [1.54, 1.807) is 12.1 Å². The molecular formula is C16H21N3O2. The molecule has 5 nitrogen and oxygen atoms in total. The summed E-state index contributed by atoms with van der Waals surface area (Å²) in [4.78, 5) is 15.6. The summed E-state index contributed by atoms with van der Waals surface area (Å²) in [6, 6.07) is 7.47. The highest BCUT2D eigenvalue weighted by Gasteiger charge is 2.22. The zero-order valence-corrected chi connectivity index (χ0v) is 12.5. The number of nitrogens with zero attached hydrogens (tertiary/aromatic N) is 3. The van der Waals surface area contributed by atoms with Crippen LogP contribution < -0.4 is 4.90 Å². The van der Waals surface area contributed by atoms with Crippen LogP contribution in [-0.4, -0.2) is 48.2 Å². The summed E-state index contributed by atoms with van der Waals surface area (Å²) >= 11 is 0. The van der Waals surface area contributed by atoms with Gasteiger partial charge in [-0.05, 0) is 31.5 Å². The Morgan fingerprint density at radius 3 is 2.57 bits per heavy atom. The van der Waals surface area contributed by atoms with E-state index in [-0.39, 0.29) is 5.56 Å². The van der Waals surface area contributed by atoms with Crippen LogP contribution in [0.25, 0.3) is 0 Å². The summed E-state index contributed by atoms with van der Waals surface area (Å²) in [6.45, 7) is 8.10. The molecule has 0 aliphatic carbocycles. The van der Waals surface area contributed by atoms with Crippen LogP contribution in [0, 0.1) is 11.3 Å². The van der Waals surface area contributed by atoms with E-state index in [1.165, 1.54) is 6.07 Å². The lowest BCUT2D eigenvalue weighted by atomic mass is 10.1. The Labute approximate surface area is 125 Å². The van der Waals surface area contributed by atoms with E-state index in [2.05, 4.69) is 29.7 Å². The molecule has 1 saturated heterocycles. The molecule has 1 aliphatic rings. The number of carboxylic acid groups (broad SMARTS) is 1. The first-order chi connectivity index (χ1) is 10.1. The Hall–Kier alpha value is -2.06. The Morgan fingerprint density at radius 1 is 1.38 bits per heavy atom. The van der Waals surface area contributed by atoms with Crippen LogP contribution in [0.3, 0.4) is 0 Å². The fraction of sp³-hybridized carbons (Fsp3) is 0.500. The van der Waals surface area contributed by atoms with Crippen molar-refractivity contribution in [3.63, 3.8) is 0 Å². The zero-order chi connectivity index (χ0) is 15.4. The molecule has 0 radical (unpaired) electrons. The van der Waals surface area contributed by atoms with Crippen molar-refractivity contribution in [2.45, 2.75) is 26.3 Å². The van der Waals surface area contributed by atoms with E-state index in [0.29, 0.717) is 11.6 Å². The zero-order valence-electron chi connectivity index (χ0n) is 12.5. The number of carboxylic acids is 1. The number of piperazine rings is 1. The summed E-state index contributed by atoms with van der Waals surface area (Å²) < 4.78 is 0. The van der Waals surface area contributed by atoms with Crippen molar-refractivity contribution in [3.8, 4) is 6.07 Å². The monoisotopic (exact) mass is 287 g/mol. The van der Waals surface area contributed by atoms with Crippen LogP contribution in [0.15, 0.2) is 18.2 Å². The van der Waals surface area contributed by atoms with Crippen LogP contribution in [0.4, 0.5) is 5.69 Å². The number of anilines is 1. The van der Waals surface area contributed by atoms with Gasteiger partial charge in [0.25, 0.3) is 0 Å². The molecule has 1 unspecified atom stereocenters. The van der Waals surface area contributed by atoms with Gasteiger partial charge in [0.2, 0.25) is 0 Å². The van der Waals surface area contributed by atoms with Gasteiger partial charge in [-0.2, -0.15) is 5.26 Å². The fourth-order valence-corrected chi connectivity index (χ4v) is 2.70. The fourth-order valence-electron chi connectivity index (χ4n) is 2.70. The molecule has 1 atom stereocenters. The van der Waals surface area contributed by atoms with Gasteiger partial charge >= 0.3 is 5.97 Å². The molecule has 0 aromatic heterocycles. The first-order valence-corrected chi connectivity index (χ1v) is 7.33. The van der Waals surface area contributed by atoms with Crippen molar-refractivity contribution in [2.24, 2.45) is 0 Å². The van der Waals surface area contributed by atoms with E-state index in [9.17, 15) is 10.1 Å². The van der Waals surface area contributed by atoms with Crippen LogP contribution in [-0.2, 0) is 0 Å². The molecule has 0 bridgehead atoms. The Balaban J connectivity index is 2.13. The second-order valence-corrected chi connectivity index (χ2v) is 5.43. The molecule has 2 rings (SSSR count). The Morgan fingerprint density at radius 2 is 2.05 bits per heavy atom. The number of hydrogen-bond acceptors (Lipinski definition) is 4. The topological polar surface area (TPSA) is 67.6 Å².